The van der Waals surface area contributed by atoms with E-state index in [0.29, 0.717) is 31.9 Å². The number of nitrogens with zero attached hydrogens (tertiary/aromatic N) is 3. The Balaban J connectivity index is 1.78. The summed E-state index contributed by atoms with van der Waals surface area (Å²) in [7, 11) is 0. The van der Waals surface area contributed by atoms with Gasteiger partial charge in [-0.05, 0) is 24.3 Å². The molecule has 0 amide bonds. The van der Waals surface area contributed by atoms with Crippen molar-refractivity contribution >= 4 is 11.4 Å². The minimum absolute atomic E-state index is 0.0309. The van der Waals surface area contributed by atoms with Gasteiger partial charge in [0.2, 0.25) is 0 Å². The van der Waals surface area contributed by atoms with Gasteiger partial charge in [-0.25, -0.2) is 8.78 Å². The van der Waals surface area contributed by atoms with Crippen LogP contribution >= 0.6 is 0 Å². The van der Waals surface area contributed by atoms with E-state index in [2.05, 4.69) is 0 Å². The van der Waals surface area contributed by atoms with Crippen LogP contribution < -0.4 is 9.80 Å². The van der Waals surface area contributed by atoms with E-state index in [4.69, 9.17) is 5.26 Å². The number of hydrogen-bond acceptors (Lipinski definition) is 4. The van der Waals surface area contributed by atoms with Crippen LogP contribution in [-0.2, 0) is 0 Å². The fourth-order valence-electron chi connectivity index (χ4n) is 2.83. The molecule has 0 bridgehead atoms. The van der Waals surface area contributed by atoms with Gasteiger partial charge in [0.1, 0.15) is 11.4 Å². The van der Waals surface area contributed by atoms with Crippen molar-refractivity contribution in [3.05, 3.63) is 53.6 Å². The molecule has 0 unspecified atom stereocenters. The molecule has 1 aliphatic heterocycles. The second kappa shape index (κ2) is 6.13. The van der Waals surface area contributed by atoms with Gasteiger partial charge in [-0.15, -0.1) is 0 Å². The highest BCUT2D eigenvalue weighted by Crippen LogP contribution is 2.30. The number of benzene rings is 2. The molecule has 0 saturated carbocycles. The van der Waals surface area contributed by atoms with Gasteiger partial charge < -0.3 is 14.9 Å². The van der Waals surface area contributed by atoms with Crippen molar-refractivity contribution in [1.82, 2.24) is 0 Å². The average Bonchev–Trinajstić information content (AvgIpc) is 2.55. The molecule has 0 spiro atoms. The molecule has 0 radical (unpaired) electrons. The molecule has 3 rings (SSSR count). The highest BCUT2D eigenvalue weighted by Gasteiger charge is 2.24. The van der Waals surface area contributed by atoms with Crippen molar-refractivity contribution in [3.8, 4) is 11.8 Å². The maximum Gasteiger partial charge on any atom is 0.150 e. The number of hydrogen-bond donors (Lipinski definition) is 1. The third-order valence-corrected chi connectivity index (χ3v) is 3.96. The summed E-state index contributed by atoms with van der Waals surface area (Å²) >= 11 is 0. The minimum Gasteiger partial charge on any atom is -0.506 e. The summed E-state index contributed by atoms with van der Waals surface area (Å²) < 4.78 is 28.2. The summed E-state index contributed by atoms with van der Waals surface area (Å²) in [6, 6.07) is 10.8. The third kappa shape index (κ3) is 2.90. The Morgan fingerprint density at radius 1 is 0.957 bits per heavy atom. The van der Waals surface area contributed by atoms with Gasteiger partial charge >= 0.3 is 0 Å². The molecule has 0 atom stereocenters. The molecule has 1 N–H and O–H groups in total. The predicted molar refractivity (Wildman–Crippen MR) is 83.6 cm³/mol. The van der Waals surface area contributed by atoms with Crippen LogP contribution in [0.5, 0.6) is 5.75 Å². The first kappa shape index (κ1) is 15.1. The quantitative estimate of drug-likeness (QED) is 0.926. The maximum atomic E-state index is 14.1. The van der Waals surface area contributed by atoms with Crippen molar-refractivity contribution in [2.45, 2.75) is 0 Å². The summed E-state index contributed by atoms with van der Waals surface area (Å²) in [6.45, 7) is 1.93. The third-order valence-electron chi connectivity index (χ3n) is 3.96. The standard InChI is InChI=1S/C17H15F2N3O/c18-13-9-12(11-20)10-14(19)17(13)22-7-5-21(6-8-22)15-3-1-2-4-16(15)23/h1-4,9-10,23H,5-8H2. The van der Waals surface area contributed by atoms with Crippen LogP contribution in [0.1, 0.15) is 5.56 Å². The number of halogens is 2. The number of rotatable bonds is 2. The van der Waals surface area contributed by atoms with Crippen molar-refractivity contribution in [1.29, 1.82) is 5.26 Å². The first-order valence-electron chi connectivity index (χ1n) is 7.27. The molecule has 1 fully saturated rings. The predicted octanol–water partition coefficient (Wildman–Crippen LogP) is 2.87. The Kier molecular flexibility index (Phi) is 4.02. The minimum atomic E-state index is -0.724. The van der Waals surface area contributed by atoms with Crippen LogP contribution in [0.25, 0.3) is 0 Å². The zero-order valence-electron chi connectivity index (χ0n) is 12.3. The maximum absolute atomic E-state index is 14.1. The Bertz CT molecular complexity index is 742. The van der Waals surface area contributed by atoms with Crippen LogP contribution in [-0.4, -0.2) is 31.3 Å². The number of aromatic hydroxyl groups is 1. The van der Waals surface area contributed by atoms with E-state index in [0.717, 1.165) is 12.1 Å². The van der Waals surface area contributed by atoms with Crippen LogP contribution in [0.4, 0.5) is 20.2 Å². The molecular formula is C17H15F2N3O. The molecular weight excluding hydrogens is 300 g/mol. The lowest BCUT2D eigenvalue weighted by Crippen LogP contribution is -2.47. The van der Waals surface area contributed by atoms with Crippen molar-refractivity contribution in [2.75, 3.05) is 36.0 Å². The van der Waals surface area contributed by atoms with E-state index in [9.17, 15) is 13.9 Å². The van der Waals surface area contributed by atoms with Gasteiger partial charge in [0, 0.05) is 26.2 Å². The summed E-state index contributed by atoms with van der Waals surface area (Å²) in [5.74, 6) is -1.26. The van der Waals surface area contributed by atoms with Gasteiger partial charge in [-0.1, -0.05) is 12.1 Å². The molecule has 1 saturated heterocycles. The van der Waals surface area contributed by atoms with Crippen molar-refractivity contribution < 1.29 is 13.9 Å². The zero-order valence-corrected chi connectivity index (χ0v) is 12.3. The first-order valence-corrected chi connectivity index (χ1v) is 7.27. The van der Waals surface area contributed by atoms with Gasteiger partial charge in [-0.2, -0.15) is 5.26 Å². The van der Waals surface area contributed by atoms with E-state index < -0.39 is 11.6 Å². The topological polar surface area (TPSA) is 50.5 Å². The van der Waals surface area contributed by atoms with Crippen LogP contribution in [0.15, 0.2) is 36.4 Å². The Labute approximate surface area is 132 Å². The fourth-order valence-corrected chi connectivity index (χ4v) is 2.83. The lowest BCUT2D eigenvalue weighted by molar-refractivity contribution is 0.471. The van der Waals surface area contributed by atoms with Gasteiger partial charge in [-0.3, -0.25) is 0 Å². The summed E-state index contributed by atoms with van der Waals surface area (Å²) in [4.78, 5) is 3.60. The zero-order chi connectivity index (χ0) is 16.4. The average molecular weight is 315 g/mol. The fraction of sp³-hybridized carbons (Fsp3) is 0.235. The molecule has 2 aromatic carbocycles. The largest absolute Gasteiger partial charge is 0.506 e. The molecule has 6 heteroatoms. The normalized spacial score (nSPS) is 14.7. The van der Waals surface area contributed by atoms with E-state index in [-0.39, 0.29) is 17.0 Å². The SMILES string of the molecule is N#Cc1cc(F)c(N2CCN(c3ccccc3O)CC2)c(F)c1. The second-order valence-corrected chi connectivity index (χ2v) is 5.36. The van der Waals surface area contributed by atoms with Crippen LogP contribution in [0.3, 0.4) is 0 Å². The molecule has 1 heterocycles. The number of anilines is 2. The van der Waals surface area contributed by atoms with E-state index in [1.54, 1.807) is 23.1 Å². The molecule has 2 aromatic rings. The number of phenolic OH excluding ortho intramolecular Hbond substituents is 1. The summed E-state index contributed by atoms with van der Waals surface area (Å²) in [5, 5.41) is 18.6. The van der Waals surface area contributed by atoms with Crippen molar-refractivity contribution in [3.63, 3.8) is 0 Å². The molecule has 1 aliphatic rings. The molecule has 118 valence electrons. The molecule has 4 nitrogen and oxygen atoms in total. The molecule has 23 heavy (non-hydrogen) atoms. The van der Waals surface area contributed by atoms with E-state index in [1.807, 2.05) is 17.0 Å². The number of phenols is 1. The summed E-state index contributed by atoms with van der Waals surface area (Å²) in [5.41, 5.74) is 0.588. The second-order valence-electron chi connectivity index (χ2n) is 5.36. The van der Waals surface area contributed by atoms with Gasteiger partial charge in [0.25, 0.3) is 0 Å². The van der Waals surface area contributed by atoms with Gasteiger partial charge in [0.15, 0.2) is 11.6 Å². The first-order chi connectivity index (χ1) is 11.1. The van der Waals surface area contributed by atoms with E-state index in [1.165, 1.54) is 0 Å². The monoisotopic (exact) mass is 315 g/mol. The highest BCUT2D eigenvalue weighted by molar-refractivity contribution is 5.60. The lowest BCUT2D eigenvalue weighted by atomic mass is 10.1. The highest BCUT2D eigenvalue weighted by atomic mass is 19.1. The number of para-hydroxylation sites is 2. The lowest BCUT2D eigenvalue weighted by Gasteiger charge is -2.37. The van der Waals surface area contributed by atoms with Crippen LogP contribution in [0, 0.1) is 23.0 Å². The Hall–Kier alpha value is -2.81. The number of piperazine rings is 1. The number of nitriles is 1. The Morgan fingerprint density at radius 2 is 1.52 bits per heavy atom. The Morgan fingerprint density at radius 3 is 2.09 bits per heavy atom. The van der Waals surface area contributed by atoms with Crippen molar-refractivity contribution in [2.24, 2.45) is 0 Å². The van der Waals surface area contributed by atoms with Gasteiger partial charge in [0.05, 0.1) is 17.3 Å². The smallest absolute Gasteiger partial charge is 0.150 e. The molecule has 0 aliphatic carbocycles. The summed E-state index contributed by atoms with van der Waals surface area (Å²) in [6.07, 6.45) is 0. The molecule has 0 aromatic heterocycles. The van der Waals surface area contributed by atoms with E-state index >= 15 is 0 Å². The van der Waals surface area contributed by atoms with Crippen LogP contribution in [0.2, 0.25) is 0 Å².